The minimum atomic E-state index is 0.408. The lowest BCUT2D eigenvalue weighted by atomic mass is 10.1. The van der Waals surface area contributed by atoms with E-state index in [4.69, 9.17) is 0 Å². The van der Waals surface area contributed by atoms with Gasteiger partial charge in [0.05, 0.1) is 5.03 Å². The van der Waals surface area contributed by atoms with Crippen LogP contribution in [0.2, 0.25) is 0 Å². The summed E-state index contributed by atoms with van der Waals surface area (Å²) in [6.07, 6.45) is 7.44. The second-order valence-corrected chi connectivity index (χ2v) is 5.78. The summed E-state index contributed by atoms with van der Waals surface area (Å²) in [5.41, 5.74) is 1.33. The van der Waals surface area contributed by atoms with Crippen molar-refractivity contribution in [2.75, 3.05) is 7.05 Å². The Labute approximate surface area is 102 Å². The van der Waals surface area contributed by atoms with Crippen molar-refractivity contribution in [1.82, 2.24) is 10.3 Å². The van der Waals surface area contributed by atoms with Crippen LogP contribution in [0.5, 0.6) is 0 Å². The molecule has 0 radical (unpaired) electrons. The molecular weight excluding hydrogens is 216 g/mol. The van der Waals surface area contributed by atoms with E-state index in [1.807, 2.05) is 25.0 Å². The number of aromatic nitrogens is 1. The molecule has 88 valence electrons. The lowest BCUT2D eigenvalue weighted by molar-refractivity contribution is 0.649. The summed E-state index contributed by atoms with van der Waals surface area (Å²) in [4.78, 5) is 4.45. The summed E-state index contributed by atoms with van der Waals surface area (Å²) in [5, 5.41) is 5.25. The summed E-state index contributed by atoms with van der Waals surface area (Å²) < 4.78 is 0. The predicted octanol–water partition coefficient (Wildman–Crippen LogP) is 3.40. The molecule has 0 saturated heterocycles. The molecule has 0 aliphatic heterocycles. The van der Waals surface area contributed by atoms with E-state index < -0.39 is 0 Å². The Hall–Kier alpha value is -0.540. The van der Waals surface area contributed by atoms with Crippen LogP contribution in [0, 0.1) is 0 Å². The Morgan fingerprint density at radius 2 is 2.19 bits per heavy atom. The predicted molar refractivity (Wildman–Crippen MR) is 69.8 cm³/mol. The number of nitrogens with one attached hydrogen (secondary N) is 1. The van der Waals surface area contributed by atoms with E-state index in [-0.39, 0.29) is 0 Å². The second kappa shape index (κ2) is 5.69. The highest BCUT2D eigenvalue weighted by Crippen LogP contribution is 2.34. The molecule has 0 amide bonds. The van der Waals surface area contributed by atoms with Gasteiger partial charge in [-0.25, -0.2) is 4.98 Å². The van der Waals surface area contributed by atoms with Crippen molar-refractivity contribution in [3.63, 3.8) is 0 Å². The van der Waals surface area contributed by atoms with Gasteiger partial charge in [-0.05, 0) is 44.5 Å². The first-order valence-electron chi connectivity index (χ1n) is 6.09. The van der Waals surface area contributed by atoms with Crippen LogP contribution in [-0.2, 0) is 0 Å². The van der Waals surface area contributed by atoms with Crippen molar-refractivity contribution in [1.29, 1.82) is 0 Å². The van der Waals surface area contributed by atoms with Gasteiger partial charge >= 0.3 is 0 Å². The zero-order valence-corrected chi connectivity index (χ0v) is 10.9. The van der Waals surface area contributed by atoms with E-state index >= 15 is 0 Å². The summed E-state index contributed by atoms with van der Waals surface area (Å²) in [6.45, 7) is 2.18. The standard InChI is InChI=1S/C13H20N2S/c1-10(14-2)11-7-8-15-13(9-11)16-12-5-3-4-6-12/h7-10,12,14H,3-6H2,1-2H3. The quantitative estimate of drug-likeness (QED) is 0.867. The van der Waals surface area contributed by atoms with Gasteiger partial charge in [-0.15, -0.1) is 11.8 Å². The molecule has 1 atom stereocenters. The average Bonchev–Trinajstić information content (AvgIpc) is 2.81. The van der Waals surface area contributed by atoms with Crippen LogP contribution in [0.25, 0.3) is 0 Å². The maximum Gasteiger partial charge on any atom is 0.0965 e. The van der Waals surface area contributed by atoms with E-state index in [0.717, 1.165) is 5.25 Å². The highest BCUT2D eigenvalue weighted by Gasteiger charge is 2.17. The second-order valence-electron chi connectivity index (χ2n) is 4.46. The zero-order chi connectivity index (χ0) is 11.4. The van der Waals surface area contributed by atoms with Crippen LogP contribution in [0.15, 0.2) is 23.4 Å². The first-order chi connectivity index (χ1) is 7.79. The summed E-state index contributed by atoms with van der Waals surface area (Å²) >= 11 is 1.95. The largest absolute Gasteiger partial charge is 0.313 e. The van der Waals surface area contributed by atoms with Gasteiger partial charge in [0.25, 0.3) is 0 Å². The van der Waals surface area contributed by atoms with E-state index in [0.29, 0.717) is 6.04 Å². The fraction of sp³-hybridized carbons (Fsp3) is 0.615. The van der Waals surface area contributed by atoms with Crippen LogP contribution in [0.3, 0.4) is 0 Å². The van der Waals surface area contributed by atoms with Gasteiger partial charge in [-0.2, -0.15) is 0 Å². The van der Waals surface area contributed by atoms with Gasteiger partial charge in [0.1, 0.15) is 0 Å². The third-order valence-electron chi connectivity index (χ3n) is 3.28. The SMILES string of the molecule is CNC(C)c1ccnc(SC2CCCC2)c1. The van der Waals surface area contributed by atoms with Crippen molar-refractivity contribution in [2.45, 2.75) is 48.9 Å². The normalized spacial score (nSPS) is 18.9. The minimum Gasteiger partial charge on any atom is -0.313 e. The Morgan fingerprint density at radius 3 is 2.88 bits per heavy atom. The molecule has 1 aromatic rings. The lowest BCUT2D eigenvalue weighted by Gasteiger charge is -2.13. The molecule has 0 bridgehead atoms. The Bertz CT molecular complexity index is 334. The number of hydrogen-bond donors (Lipinski definition) is 1. The van der Waals surface area contributed by atoms with E-state index in [9.17, 15) is 0 Å². The third-order valence-corrected chi connectivity index (χ3v) is 4.55. The summed E-state index contributed by atoms with van der Waals surface area (Å²) in [5.74, 6) is 0. The van der Waals surface area contributed by atoms with Gasteiger partial charge in [0.2, 0.25) is 0 Å². The summed E-state index contributed by atoms with van der Waals surface area (Å²) in [6, 6.07) is 4.73. The maximum atomic E-state index is 4.45. The molecule has 1 fully saturated rings. The molecule has 3 heteroatoms. The minimum absolute atomic E-state index is 0.408. The molecule has 1 saturated carbocycles. The average molecular weight is 236 g/mol. The van der Waals surface area contributed by atoms with Crippen molar-refractivity contribution in [3.05, 3.63) is 23.9 Å². The molecular formula is C13H20N2S. The molecule has 2 nitrogen and oxygen atoms in total. The monoisotopic (exact) mass is 236 g/mol. The molecule has 2 rings (SSSR count). The van der Waals surface area contributed by atoms with Crippen molar-refractivity contribution in [3.8, 4) is 0 Å². The van der Waals surface area contributed by atoms with E-state index in [1.54, 1.807) is 0 Å². The summed E-state index contributed by atoms with van der Waals surface area (Å²) in [7, 11) is 1.99. The molecule has 0 aromatic carbocycles. The Balaban J connectivity index is 2.03. The van der Waals surface area contributed by atoms with Crippen LogP contribution >= 0.6 is 11.8 Å². The van der Waals surface area contributed by atoms with Gasteiger partial charge in [-0.1, -0.05) is 12.8 Å². The number of nitrogens with zero attached hydrogens (tertiary/aromatic N) is 1. The van der Waals surface area contributed by atoms with E-state index in [1.165, 1.54) is 36.3 Å². The van der Waals surface area contributed by atoms with Crippen LogP contribution < -0.4 is 5.32 Å². The molecule has 0 spiro atoms. The molecule has 1 aliphatic rings. The third kappa shape index (κ3) is 2.98. The molecule has 1 aromatic heterocycles. The zero-order valence-electron chi connectivity index (χ0n) is 10.1. The first-order valence-corrected chi connectivity index (χ1v) is 6.97. The molecule has 1 N–H and O–H groups in total. The molecule has 1 heterocycles. The number of rotatable bonds is 4. The fourth-order valence-electron chi connectivity index (χ4n) is 2.10. The van der Waals surface area contributed by atoms with Gasteiger partial charge in [0, 0.05) is 17.5 Å². The smallest absolute Gasteiger partial charge is 0.0965 e. The maximum absolute atomic E-state index is 4.45. The van der Waals surface area contributed by atoms with E-state index in [2.05, 4.69) is 29.4 Å². The molecule has 1 aliphatic carbocycles. The van der Waals surface area contributed by atoms with Crippen molar-refractivity contribution in [2.24, 2.45) is 0 Å². The van der Waals surface area contributed by atoms with Crippen molar-refractivity contribution >= 4 is 11.8 Å². The number of hydrogen-bond acceptors (Lipinski definition) is 3. The Kier molecular flexibility index (Phi) is 4.24. The lowest BCUT2D eigenvalue weighted by Crippen LogP contribution is -2.12. The molecule has 1 unspecified atom stereocenters. The first kappa shape index (κ1) is 11.9. The van der Waals surface area contributed by atoms with Crippen LogP contribution in [-0.4, -0.2) is 17.3 Å². The van der Waals surface area contributed by atoms with Gasteiger partial charge < -0.3 is 5.32 Å². The topological polar surface area (TPSA) is 24.9 Å². The van der Waals surface area contributed by atoms with Crippen LogP contribution in [0.4, 0.5) is 0 Å². The highest BCUT2D eigenvalue weighted by molar-refractivity contribution is 7.99. The van der Waals surface area contributed by atoms with Crippen molar-refractivity contribution < 1.29 is 0 Å². The number of pyridine rings is 1. The highest BCUT2D eigenvalue weighted by atomic mass is 32.2. The Morgan fingerprint density at radius 1 is 1.44 bits per heavy atom. The number of thioether (sulfide) groups is 1. The van der Waals surface area contributed by atoms with Gasteiger partial charge in [0.15, 0.2) is 0 Å². The van der Waals surface area contributed by atoms with Crippen LogP contribution in [0.1, 0.15) is 44.2 Å². The van der Waals surface area contributed by atoms with Gasteiger partial charge in [-0.3, -0.25) is 0 Å². The fourth-order valence-corrected chi connectivity index (χ4v) is 3.34. The molecule has 16 heavy (non-hydrogen) atoms.